The van der Waals surface area contributed by atoms with E-state index >= 15 is 0 Å². The number of nitrogens with one attached hydrogen (secondary N) is 1. The zero-order valence-electron chi connectivity index (χ0n) is 13.2. The first-order valence-electron chi connectivity index (χ1n) is 7.35. The van der Waals surface area contributed by atoms with Crippen LogP contribution in [0.3, 0.4) is 0 Å². The van der Waals surface area contributed by atoms with Gasteiger partial charge < -0.3 is 10.2 Å². The lowest BCUT2D eigenvalue weighted by molar-refractivity contribution is -0.111. The van der Waals surface area contributed by atoms with Crippen LogP contribution in [0.2, 0.25) is 0 Å². The average molecular weight is 264 g/mol. The second kappa shape index (κ2) is 5.20. The van der Waals surface area contributed by atoms with E-state index in [0.717, 1.165) is 13.0 Å². The summed E-state index contributed by atoms with van der Waals surface area (Å²) in [6.45, 7) is 14.1. The number of aryl methyl sites for hydroxylation is 2. The van der Waals surface area contributed by atoms with Crippen LogP contribution in [0.25, 0.3) is 0 Å². The van der Waals surface area contributed by atoms with Crippen molar-refractivity contribution in [2.75, 3.05) is 12.0 Å². The molecule has 2 unspecified atom stereocenters. The fraction of sp³-hybridized carbons (Fsp3) is 0.750. The van der Waals surface area contributed by atoms with E-state index < -0.39 is 0 Å². The molecule has 0 amide bonds. The Balaban J connectivity index is 1.94. The third-order valence-corrected chi connectivity index (χ3v) is 4.36. The minimum absolute atomic E-state index is 0.192. The molecule has 1 fully saturated rings. The number of rotatable bonds is 5. The maximum Gasteiger partial charge on any atom is 0.0666 e. The maximum atomic E-state index is 6.02. The van der Waals surface area contributed by atoms with Gasteiger partial charge in [-0.3, -0.25) is 4.68 Å². The number of nitrogens with zero attached hydrogens (tertiary/aromatic N) is 1. The molecule has 1 saturated carbocycles. The number of hydrogen-bond acceptors (Lipinski definition) is 2. The van der Waals surface area contributed by atoms with Crippen LogP contribution in [0.1, 0.15) is 45.5 Å². The summed E-state index contributed by atoms with van der Waals surface area (Å²) in [4.78, 5) is 0. The number of aromatic nitrogens is 1. The van der Waals surface area contributed by atoms with E-state index in [1.54, 1.807) is 0 Å². The van der Waals surface area contributed by atoms with Gasteiger partial charge in [-0.05, 0) is 38.3 Å². The fourth-order valence-corrected chi connectivity index (χ4v) is 2.72. The van der Waals surface area contributed by atoms with Gasteiger partial charge in [-0.1, -0.05) is 27.7 Å². The minimum Gasteiger partial charge on any atom is -0.377 e. The Morgan fingerprint density at radius 1 is 1.32 bits per heavy atom. The zero-order valence-corrected chi connectivity index (χ0v) is 13.2. The molecule has 1 heterocycles. The standard InChI is InChI=1S/C16H28N2O/c1-11(2)10-19-15-9-14(16(15,5)6)17-18-12(3)7-8-13(18)4/h7-8,11,14-15,17H,9-10H2,1-6H3. The minimum atomic E-state index is 0.192. The molecule has 108 valence electrons. The quantitative estimate of drug-likeness (QED) is 0.881. The summed E-state index contributed by atoms with van der Waals surface area (Å²) in [5, 5.41) is 0. The number of hydrogen-bond donors (Lipinski definition) is 1. The predicted molar refractivity (Wildman–Crippen MR) is 80.0 cm³/mol. The van der Waals surface area contributed by atoms with Crippen LogP contribution in [0, 0.1) is 25.2 Å². The van der Waals surface area contributed by atoms with Crippen LogP contribution in [-0.4, -0.2) is 23.4 Å². The summed E-state index contributed by atoms with van der Waals surface area (Å²) in [5.74, 6) is 0.608. The molecular formula is C16H28N2O. The smallest absolute Gasteiger partial charge is 0.0666 e. The van der Waals surface area contributed by atoms with Gasteiger partial charge in [-0.2, -0.15) is 0 Å². The van der Waals surface area contributed by atoms with Crippen molar-refractivity contribution >= 4 is 0 Å². The molecule has 0 aliphatic heterocycles. The van der Waals surface area contributed by atoms with Gasteiger partial charge in [0.05, 0.1) is 12.1 Å². The molecule has 0 spiro atoms. The highest BCUT2D eigenvalue weighted by molar-refractivity contribution is 5.18. The normalized spacial score (nSPS) is 25.4. The summed E-state index contributed by atoms with van der Waals surface area (Å²) in [6, 6.07) is 4.79. The molecule has 1 aliphatic rings. The third-order valence-electron chi connectivity index (χ3n) is 4.36. The van der Waals surface area contributed by atoms with Crippen molar-refractivity contribution in [3.63, 3.8) is 0 Å². The SMILES string of the molecule is Cc1ccc(C)n1NC1CC(OCC(C)C)C1(C)C. The molecule has 2 rings (SSSR count). The lowest BCUT2D eigenvalue weighted by atomic mass is 9.64. The van der Waals surface area contributed by atoms with Crippen molar-refractivity contribution in [1.29, 1.82) is 0 Å². The van der Waals surface area contributed by atoms with Crippen molar-refractivity contribution in [2.24, 2.45) is 11.3 Å². The lowest BCUT2D eigenvalue weighted by Crippen LogP contribution is -2.60. The Morgan fingerprint density at radius 2 is 1.89 bits per heavy atom. The van der Waals surface area contributed by atoms with E-state index in [0.29, 0.717) is 18.1 Å². The van der Waals surface area contributed by atoms with Gasteiger partial charge in [0.1, 0.15) is 0 Å². The molecule has 1 aromatic rings. The van der Waals surface area contributed by atoms with Crippen LogP contribution >= 0.6 is 0 Å². The molecule has 1 aliphatic carbocycles. The van der Waals surface area contributed by atoms with Crippen LogP contribution in [-0.2, 0) is 4.74 Å². The van der Waals surface area contributed by atoms with Crippen LogP contribution in [0.4, 0.5) is 0 Å². The molecule has 3 heteroatoms. The molecule has 0 saturated heterocycles. The number of ether oxygens (including phenoxy) is 1. The molecule has 0 radical (unpaired) electrons. The molecule has 1 aromatic heterocycles. The van der Waals surface area contributed by atoms with Crippen LogP contribution < -0.4 is 5.43 Å². The van der Waals surface area contributed by atoms with E-state index in [1.165, 1.54) is 11.4 Å². The lowest BCUT2D eigenvalue weighted by Gasteiger charge is -2.52. The van der Waals surface area contributed by atoms with E-state index in [2.05, 4.69) is 63.8 Å². The summed E-state index contributed by atoms with van der Waals surface area (Å²) >= 11 is 0. The second-order valence-corrected chi connectivity index (χ2v) is 6.91. The Morgan fingerprint density at radius 3 is 2.37 bits per heavy atom. The summed E-state index contributed by atoms with van der Waals surface area (Å²) < 4.78 is 8.21. The molecule has 2 atom stereocenters. The first-order valence-corrected chi connectivity index (χ1v) is 7.35. The van der Waals surface area contributed by atoms with Gasteiger partial charge in [0.15, 0.2) is 0 Å². The predicted octanol–water partition coefficient (Wildman–Crippen LogP) is 3.49. The summed E-state index contributed by atoms with van der Waals surface area (Å²) in [6.07, 6.45) is 1.47. The van der Waals surface area contributed by atoms with E-state index in [4.69, 9.17) is 4.74 Å². The first kappa shape index (κ1) is 14.4. The van der Waals surface area contributed by atoms with Crippen LogP contribution in [0.5, 0.6) is 0 Å². The molecular weight excluding hydrogens is 236 g/mol. The van der Waals surface area contributed by atoms with Gasteiger partial charge in [0, 0.05) is 23.4 Å². The van der Waals surface area contributed by atoms with Crippen LogP contribution in [0.15, 0.2) is 12.1 Å². The fourth-order valence-electron chi connectivity index (χ4n) is 2.72. The van der Waals surface area contributed by atoms with Crippen molar-refractivity contribution in [3.05, 3.63) is 23.5 Å². The van der Waals surface area contributed by atoms with Gasteiger partial charge >= 0.3 is 0 Å². The van der Waals surface area contributed by atoms with E-state index in [9.17, 15) is 0 Å². The monoisotopic (exact) mass is 264 g/mol. The van der Waals surface area contributed by atoms with Gasteiger partial charge in [-0.15, -0.1) is 0 Å². The van der Waals surface area contributed by atoms with Gasteiger partial charge in [0.2, 0.25) is 0 Å². The molecule has 0 aromatic carbocycles. The van der Waals surface area contributed by atoms with E-state index in [1.807, 2.05) is 0 Å². The van der Waals surface area contributed by atoms with E-state index in [-0.39, 0.29) is 5.41 Å². The van der Waals surface area contributed by atoms with Crippen molar-refractivity contribution in [3.8, 4) is 0 Å². The molecule has 0 bridgehead atoms. The Bertz CT molecular complexity index is 414. The Labute approximate surface area is 117 Å². The zero-order chi connectivity index (χ0) is 14.2. The average Bonchev–Trinajstić information content (AvgIpc) is 2.63. The van der Waals surface area contributed by atoms with Gasteiger partial charge in [-0.25, -0.2) is 0 Å². The highest BCUT2D eigenvalue weighted by Gasteiger charge is 2.49. The van der Waals surface area contributed by atoms with Crippen molar-refractivity contribution in [2.45, 2.75) is 60.1 Å². The highest BCUT2D eigenvalue weighted by atomic mass is 16.5. The summed E-state index contributed by atoms with van der Waals surface area (Å²) in [5.41, 5.74) is 6.36. The molecule has 19 heavy (non-hydrogen) atoms. The highest BCUT2D eigenvalue weighted by Crippen LogP contribution is 2.43. The third kappa shape index (κ3) is 2.81. The second-order valence-electron chi connectivity index (χ2n) is 6.91. The molecule has 1 N–H and O–H groups in total. The topological polar surface area (TPSA) is 26.2 Å². The Kier molecular flexibility index (Phi) is 3.95. The molecule has 3 nitrogen and oxygen atoms in total. The van der Waals surface area contributed by atoms with Gasteiger partial charge in [0.25, 0.3) is 0 Å². The summed E-state index contributed by atoms with van der Waals surface area (Å²) in [7, 11) is 0. The maximum absolute atomic E-state index is 6.02. The van der Waals surface area contributed by atoms with Crippen molar-refractivity contribution < 1.29 is 4.74 Å². The first-order chi connectivity index (χ1) is 8.82. The largest absolute Gasteiger partial charge is 0.377 e. The Hall–Kier alpha value is -0.960. The van der Waals surface area contributed by atoms with Crippen molar-refractivity contribution in [1.82, 2.24) is 4.68 Å².